The molecule has 0 N–H and O–H groups in total. The summed E-state index contributed by atoms with van der Waals surface area (Å²) in [7, 11) is 5.58. The van der Waals surface area contributed by atoms with Crippen molar-refractivity contribution < 1.29 is 19.5 Å². The number of rotatable bonds is 11. The van der Waals surface area contributed by atoms with E-state index < -0.39 is 30.6 Å². The topological polar surface area (TPSA) is 20.3 Å². The maximum absolute atomic E-state index is 11.7. The van der Waals surface area contributed by atoms with Gasteiger partial charge in [-0.1, -0.05) is 0 Å². The molecule has 0 fully saturated rings. The van der Waals surface area contributed by atoms with E-state index in [-0.39, 0.29) is 0 Å². The minimum absolute atomic E-state index is 0.529. The van der Waals surface area contributed by atoms with Crippen LogP contribution in [-0.4, -0.2) is 33.5 Å². The van der Waals surface area contributed by atoms with Crippen molar-refractivity contribution in [3.63, 3.8) is 0 Å². The van der Waals surface area contributed by atoms with E-state index in [0.717, 1.165) is 25.4 Å². The predicted molar refractivity (Wildman–Crippen MR) is 151 cm³/mol. The summed E-state index contributed by atoms with van der Waals surface area (Å²) in [5.41, 5.74) is 0. The summed E-state index contributed by atoms with van der Waals surface area (Å²) >= 11 is -2.32. The van der Waals surface area contributed by atoms with Gasteiger partial charge in [-0.05, 0) is 0 Å². The summed E-state index contributed by atoms with van der Waals surface area (Å²) in [5, 5.41) is 5.42. The second-order valence-corrected chi connectivity index (χ2v) is 16.5. The normalized spacial score (nSPS) is 11.6. The molecule has 0 aromatic heterocycles. The second kappa shape index (κ2) is 14.1. The first-order chi connectivity index (χ1) is 17.3. The third kappa shape index (κ3) is 7.59. The van der Waals surface area contributed by atoms with Gasteiger partial charge in [-0.15, -0.1) is 0 Å². The van der Waals surface area contributed by atoms with Gasteiger partial charge in [-0.3, -0.25) is 0 Å². The molecule has 0 bridgehead atoms. The number of carbonyl (C=O) groups excluding carboxylic acids is 1. The van der Waals surface area contributed by atoms with Gasteiger partial charge in [-0.25, -0.2) is 0 Å². The fourth-order valence-corrected chi connectivity index (χ4v) is 11.2. The summed E-state index contributed by atoms with van der Waals surface area (Å²) in [6.07, 6.45) is 1.94. The molecule has 0 radical (unpaired) electrons. The molecule has 180 valence electrons. The molecule has 4 aromatic rings. The minimum atomic E-state index is -2.32. The third-order valence-corrected chi connectivity index (χ3v) is 14.0. The average molecular weight is 605 g/mol. The Morgan fingerprint density at radius 2 is 0.857 bits per heavy atom. The van der Waals surface area contributed by atoms with Gasteiger partial charge in [0.1, 0.15) is 0 Å². The van der Waals surface area contributed by atoms with Gasteiger partial charge < -0.3 is 0 Å². The number of hydrogen-bond acceptors (Lipinski definition) is 2. The van der Waals surface area contributed by atoms with E-state index in [0.29, 0.717) is 0 Å². The first kappa shape index (κ1) is 26.3. The predicted octanol–water partition coefficient (Wildman–Crippen LogP) is 5.31. The fourth-order valence-electron chi connectivity index (χ4n) is 3.95. The van der Waals surface area contributed by atoms with E-state index in [4.69, 9.17) is 9.69 Å². The molecule has 0 aliphatic rings. The van der Waals surface area contributed by atoms with Crippen molar-refractivity contribution >= 4 is 51.2 Å². The molecule has 0 atom stereocenters. The van der Waals surface area contributed by atoms with Gasteiger partial charge in [0.2, 0.25) is 0 Å². The van der Waals surface area contributed by atoms with Crippen LogP contribution >= 0.6 is 25.5 Å². The van der Waals surface area contributed by atoms with Crippen LogP contribution in [-0.2, 0) is 19.5 Å². The van der Waals surface area contributed by atoms with Crippen LogP contribution in [0, 0.1) is 0 Å². The fraction of sp³-hybridized carbons (Fsp3) is 0.138. The maximum atomic E-state index is 11.7. The van der Waals surface area contributed by atoms with Crippen molar-refractivity contribution in [2.24, 2.45) is 0 Å². The standard InChI is InChI=1S/C28H28NP2.CO.ClH.Ru/c1-5-13-25(14-6-1)30(26-15-7-2-8-16-26)23-21-29-22-24-31(27-17-9-3-10-18-27)28-19-11-4-12-20-28;1-2;;/h1-20H,21-24H2;;1H;/q-1;;;+2/p-1. The Hall–Kier alpha value is -1.81. The summed E-state index contributed by atoms with van der Waals surface area (Å²) in [5.74, 6) is 0. The molecule has 0 amide bonds. The molecular formula is C29H28ClNOP2Ru. The Bertz CT molecular complexity index is 1060. The molecule has 4 rings (SSSR count). The molecule has 0 unspecified atom stereocenters. The Morgan fingerprint density at radius 1 is 0.571 bits per heavy atom. The zero-order valence-electron chi connectivity index (χ0n) is 19.4. The van der Waals surface area contributed by atoms with E-state index in [9.17, 15) is 4.79 Å². The van der Waals surface area contributed by atoms with Gasteiger partial charge in [0.05, 0.1) is 0 Å². The number of halogens is 1. The molecule has 6 heteroatoms. The summed E-state index contributed by atoms with van der Waals surface area (Å²) in [6.45, 7) is 1.61. The summed E-state index contributed by atoms with van der Waals surface area (Å²) in [6, 6.07) is 42.9. The van der Waals surface area contributed by atoms with Gasteiger partial charge in [0.25, 0.3) is 0 Å². The summed E-state index contributed by atoms with van der Waals surface area (Å²) in [4.78, 5) is 11.7. The van der Waals surface area contributed by atoms with Gasteiger partial charge in [-0.2, -0.15) is 0 Å². The molecule has 0 saturated carbocycles. The number of hydrogen-bond donors (Lipinski definition) is 0. The first-order valence-electron chi connectivity index (χ1n) is 11.5. The Balaban J connectivity index is 1.53. The zero-order valence-corrected chi connectivity index (χ0v) is 23.6. The van der Waals surface area contributed by atoms with E-state index >= 15 is 0 Å². The Labute approximate surface area is 220 Å². The van der Waals surface area contributed by atoms with Crippen LogP contribution in [0.1, 0.15) is 0 Å². The van der Waals surface area contributed by atoms with E-state index in [1.165, 1.54) is 21.2 Å². The van der Waals surface area contributed by atoms with Crippen LogP contribution < -0.4 is 21.2 Å². The van der Waals surface area contributed by atoms with Gasteiger partial charge in [0, 0.05) is 0 Å². The molecular weight excluding hydrogens is 577 g/mol. The van der Waals surface area contributed by atoms with Crippen molar-refractivity contribution in [1.29, 1.82) is 0 Å². The van der Waals surface area contributed by atoms with Crippen LogP contribution in [0.15, 0.2) is 121 Å². The van der Waals surface area contributed by atoms with Crippen LogP contribution in [0.3, 0.4) is 0 Å². The van der Waals surface area contributed by atoms with Crippen molar-refractivity contribution in [3.05, 3.63) is 121 Å². The molecule has 35 heavy (non-hydrogen) atoms. The molecule has 0 saturated heterocycles. The van der Waals surface area contributed by atoms with Crippen LogP contribution in [0.2, 0.25) is 0 Å². The quantitative estimate of drug-likeness (QED) is 0.171. The molecule has 2 nitrogen and oxygen atoms in total. The molecule has 0 spiro atoms. The van der Waals surface area contributed by atoms with Crippen molar-refractivity contribution in [2.45, 2.75) is 0 Å². The SMILES string of the molecule is O=[C]=[Ru]([Cl])[N](CCP(c1ccccc1)c1ccccc1)CCP(c1ccccc1)c1ccccc1. The van der Waals surface area contributed by atoms with Crippen molar-refractivity contribution in [1.82, 2.24) is 3.64 Å². The number of nitrogens with zero attached hydrogens (tertiary/aromatic N) is 1. The van der Waals surface area contributed by atoms with Crippen molar-refractivity contribution in [3.8, 4) is 0 Å². The molecule has 4 aromatic carbocycles. The molecule has 0 aliphatic heterocycles. The van der Waals surface area contributed by atoms with Crippen molar-refractivity contribution in [2.75, 3.05) is 25.4 Å². The first-order valence-corrected chi connectivity index (χ1v) is 18.4. The Morgan fingerprint density at radius 3 is 1.11 bits per heavy atom. The number of benzene rings is 4. The van der Waals surface area contributed by atoms with Gasteiger partial charge >= 0.3 is 221 Å². The van der Waals surface area contributed by atoms with Crippen LogP contribution in [0.5, 0.6) is 0 Å². The van der Waals surface area contributed by atoms with E-state index in [1.807, 2.05) is 0 Å². The molecule has 0 heterocycles. The Kier molecular flexibility index (Phi) is 10.6. The summed E-state index contributed by atoms with van der Waals surface area (Å²) < 4.78 is 4.41. The van der Waals surface area contributed by atoms with Crippen LogP contribution in [0.25, 0.3) is 0 Å². The zero-order chi connectivity index (χ0) is 24.3. The molecule has 0 aliphatic carbocycles. The third-order valence-electron chi connectivity index (χ3n) is 5.65. The second-order valence-electron chi connectivity index (χ2n) is 7.82. The van der Waals surface area contributed by atoms with E-state index in [2.05, 4.69) is 129 Å². The average Bonchev–Trinajstić information content (AvgIpc) is 2.94. The van der Waals surface area contributed by atoms with E-state index in [1.54, 1.807) is 0 Å². The van der Waals surface area contributed by atoms with Crippen LogP contribution in [0.4, 0.5) is 0 Å². The monoisotopic (exact) mass is 605 g/mol. The van der Waals surface area contributed by atoms with Gasteiger partial charge in [0.15, 0.2) is 0 Å².